The van der Waals surface area contributed by atoms with E-state index in [2.05, 4.69) is 4.74 Å². The van der Waals surface area contributed by atoms with Gasteiger partial charge in [0.25, 0.3) is 0 Å². The van der Waals surface area contributed by atoms with E-state index in [0.29, 0.717) is 0 Å². The molecule has 1 rings (SSSR count). The first-order chi connectivity index (χ1) is 5.57. The van der Waals surface area contributed by atoms with Gasteiger partial charge >= 0.3 is 0 Å². The van der Waals surface area contributed by atoms with E-state index in [9.17, 15) is 15.3 Å². The molecule has 5 N–H and O–H groups in total. The molecule has 0 aromatic rings. The van der Waals surface area contributed by atoms with E-state index in [1.807, 2.05) is 0 Å². The Balaban J connectivity index is 2.63. The average Bonchev–Trinajstić information content (AvgIpc) is 2.08. The zero-order chi connectivity index (χ0) is 9.30. The zero-order valence-corrected chi connectivity index (χ0v) is 6.83. The van der Waals surface area contributed by atoms with E-state index in [1.165, 1.54) is 0 Å². The highest BCUT2D eigenvalue weighted by molar-refractivity contribution is 4.89. The van der Waals surface area contributed by atoms with Crippen LogP contribution < -0.4 is 0 Å². The summed E-state index contributed by atoms with van der Waals surface area (Å²) in [5.41, 5.74) is 0. The van der Waals surface area contributed by atoms with Gasteiger partial charge in [0.1, 0.15) is 12.7 Å². The van der Waals surface area contributed by atoms with Crippen LogP contribution in [0.5, 0.6) is 0 Å². The fourth-order valence-electron chi connectivity index (χ4n) is 1.35. The second-order valence-corrected chi connectivity index (χ2v) is 3.11. The molecule has 72 valence electrons. The Morgan fingerprint density at radius 1 is 1.08 bits per heavy atom. The highest BCUT2D eigenvalue weighted by Crippen LogP contribution is 2.17. The first kappa shape index (κ1) is 9.88. The number of ether oxygens (including phenoxy) is 1. The Labute approximate surface area is 70.2 Å². The molecule has 0 spiro atoms. The van der Waals surface area contributed by atoms with Crippen LogP contribution in [-0.4, -0.2) is 62.3 Å². The van der Waals surface area contributed by atoms with Gasteiger partial charge in [-0.3, -0.25) is 0 Å². The summed E-state index contributed by atoms with van der Waals surface area (Å²) in [6, 6.07) is 0. The molecule has 12 heavy (non-hydrogen) atoms. The van der Waals surface area contributed by atoms with E-state index in [4.69, 9.17) is 5.11 Å². The quantitative estimate of drug-likeness (QED) is 0.331. The standard InChI is InChI=1S/C7H14O5/c1-3-5(9)7(11)6(10)4(2-8)12-3/h3-11H,2H2,1H3/p+1/t3?,4?,5-,6?,7-/m1/s1. The van der Waals surface area contributed by atoms with Crippen molar-refractivity contribution in [2.24, 2.45) is 0 Å². The maximum Gasteiger partial charge on any atom is 0.207 e. The van der Waals surface area contributed by atoms with Gasteiger partial charge in [-0.25, -0.2) is 0 Å². The average molecular weight is 179 g/mol. The van der Waals surface area contributed by atoms with Gasteiger partial charge in [0.15, 0.2) is 18.3 Å². The Kier molecular flexibility index (Phi) is 3.03. The predicted molar refractivity (Wildman–Crippen MR) is 40.6 cm³/mol. The molecule has 1 heterocycles. The maximum absolute atomic E-state index is 9.26. The van der Waals surface area contributed by atoms with Crippen molar-refractivity contribution in [2.45, 2.75) is 37.4 Å². The normalized spacial score (nSPS) is 49.2. The number of hydrogen-bond donors (Lipinski definition) is 4. The third-order valence-corrected chi connectivity index (χ3v) is 2.20. The Morgan fingerprint density at radius 3 is 2.17 bits per heavy atom. The summed E-state index contributed by atoms with van der Waals surface area (Å²) in [6.07, 6.45) is -4.54. The van der Waals surface area contributed by atoms with Gasteiger partial charge < -0.3 is 25.2 Å². The van der Waals surface area contributed by atoms with Gasteiger partial charge in [0.2, 0.25) is 6.10 Å². The molecule has 5 nitrogen and oxygen atoms in total. The molecule has 1 saturated heterocycles. The van der Waals surface area contributed by atoms with Crippen LogP contribution in [0.15, 0.2) is 0 Å². The molecule has 5 atom stereocenters. The number of aliphatic hydroxyl groups is 6. The van der Waals surface area contributed by atoms with Crippen LogP contribution >= 0.6 is 0 Å². The van der Waals surface area contributed by atoms with Crippen molar-refractivity contribution in [2.75, 3.05) is 6.61 Å². The van der Waals surface area contributed by atoms with E-state index < -0.39 is 30.5 Å². The first-order valence-electron chi connectivity index (χ1n) is 3.93. The van der Waals surface area contributed by atoms with Crippen molar-refractivity contribution in [1.82, 2.24) is 0 Å². The van der Waals surface area contributed by atoms with E-state index in [-0.39, 0.29) is 6.61 Å². The SMILES string of the molecule is CC1[OH+]C(CO)C(O)[C@H](O)[C@@H]1O. The van der Waals surface area contributed by atoms with E-state index >= 15 is 0 Å². The second-order valence-electron chi connectivity index (χ2n) is 3.11. The molecule has 1 aliphatic rings. The third-order valence-electron chi connectivity index (χ3n) is 2.20. The number of aliphatic hydroxyl groups excluding tert-OH is 4. The lowest BCUT2D eigenvalue weighted by molar-refractivity contribution is -0.296. The Morgan fingerprint density at radius 2 is 1.67 bits per heavy atom. The van der Waals surface area contributed by atoms with Gasteiger partial charge in [-0.15, -0.1) is 0 Å². The van der Waals surface area contributed by atoms with Gasteiger partial charge in [0.05, 0.1) is 0 Å². The molecule has 1 fully saturated rings. The monoisotopic (exact) mass is 179 g/mol. The molecule has 3 unspecified atom stereocenters. The highest BCUT2D eigenvalue weighted by atomic mass is 16.5. The van der Waals surface area contributed by atoms with Crippen LogP contribution in [0.1, 0.15) is 6.92 Å². The minimum Gasteiger partial charge on any atom is -0.424 e. The second kappa shape index (κ2) is 3.68. The van der Waals surface area contributed by atoms with Gasteiger partial charge in [-0.1, -0.05) is 0 Å². The van der Waals surface area contributed by atoms with Gasteiger partial charge in [0, 0.05) is 6.92 Å². The molecule has 0 aliphatic carbocycles. The summed E-state index contributed by atoms with van der Waals surface area (Å²) in [5, 5.41) is 36.5. The minimum atomic E-state index is -1.21. The third kappa shape index (κ3) is 1.60. The zero-order valence-electron chi connectivity index (χ0n) is 6.83. The van der Waals surface area contributed by atoms with Crippen molar-refractivity contribution in [3.05, 3.63) is 0 Å². The van der Waals surface area contributed by atoms with E-state index in [0.717, 1.165) is 0 Å². The van der Waals surface area contributed by atoms with Crippen LogP contribution in [0.4, 0.5) is 0 Å². The molecule has 0 aromatic heterocycles. The van der Waals surface area contributed by atoms with Gasteiger partial charge in [-0.05, 0) is 0 Å². The molecular formula is C7H15O5+. The molecule has 0 radical (unpaired) electrons. The van der Waals surface area contributed by atoms with Crippen LogP contribution in [0, 0.1) is 0 Å². The molecule has 0 bridgehead atoms. The highest BCUT2D eigenvalue weighted by Gasteiger charge is 2.45. The lowest BCUT2D eigenvalue weighted by Crippen LogP contribution is -2.59. The summed E-state index contributed by atoms with van der Waals surface area (Å²) in [4.78, 5) is 0. The number of hydrogen-bond acceptors (Lipinski definition) is 4. The largest absolute Gasteiger partial charge is 0.424 e. The summed E-state index contributed by atoms with van der Waals surface area (Å²) in [5.74, 6) is 0. The number of rotatable bonds is 1. The topological polar surface area (TPSA) is 93.7 Å². The predicted octanol–water partition coefficient (Wildman–Crippen LogP) is -2.64. The Bertz CT molecular complexity index is 146. The van der Waals surface area contributed by atoms with Crippen LogP contribution in [0.3, 0.4) is 0 Å². The van der Waals surface area contributed by atoms with Crippen LogP contribution in [-0.2, 0) is 0 Å². The molecule has 0 amide bonds. The molecular weight excluding hydrogens is 164 g/mol. The molecule has 0 saturated carbocycles. The van der Waals surface area contributed by atoms with Gasteiger partial charge in [-0.2, -0.15) is 0 Å². The Hall–Kier alpha value is -0.200. The van der Waals surface area contributed by atoms with Crippen molar-refractivity contribution in [3.8, 4) is 0 Å². The minimum absolute atomic E-state index is 0.310. The maximum atomic E-state index is 9.26. The summed E-state index contributed by atoms with van der Waals surface area (Å²) in [6.45, 7) is 1.32. The van der Waals surface area contributed by atoms with Crippen molar-refractivity contribution >= 4 is 0 Å². The molecule has 5 heteroatoms. The lowest BCUT2D eigenvalue weighted by Gasteiger charge is -2.34. The summed E-state index contributed by atoms with van der Waals surface area (Å²) >= 11 is 0. The lowest BCUT2D eigenvalue weighted by atomic mass is 9.96. The van der Waals surface area contributed by atoms with Crippen LogP contribution in [0.25, 0.3) is 0 Å². The fourth-order valence-corrected chi connectivity index (χ4v) is 1.35. The van der Waals surface area contributed by atoms with E-state index in [1.54, 1.807) is 6.92 Å². The molecule has 0 aromatic carbocycles. The van der Waals surface area contributed by atoms with Crippen molar-refractivity contribution < 1.29 is 25.2 Å². The smallest absolute Gasteiger partial charge is 0.207 e. The van der Waals surface area contributed by atoms with Crippen molar-refractivity contribution in [1.29, 1.82) is 0 Å². The first-order valence-corrected chi connectivity index (χ1v) is 3.93. The van der Waals surface area contributed by atoms with Crippen LogP contribution in [0.2, 0.25) is 0 Å². The molecule has 1 aliphatic heterocycles. The fraction of sp³-hybridized carbons (Fsp3) is 1.00. The summed E-state index contributed by atoms with van der Waals surface area (Å²) in [7, 11) is 0. The summed E-state index contributed by atoms with van der Waals surface area (Å²) < 4.78 is 3.90. The van der Waals surface area contributed by atoms with Crippen molar-refractivity contribution in [3.63, 3.8) is 0 Å².